The summed E-state index contributed by atoms with van der Waals surface area (Å²) >= 11 is 1.61. The number of hydrogen-bond acceptors (Lipinski definition) is 5. The summed E-state index contributed by atoms with van der Waals surface area (Å²) in [4.78, 5) is 18.9. The summed E-state index contributed by atoms with van der Waals surface area (Å²) in [7, 11) is 0. The lowest BCUT2D eigenvalue weighted by molar-refractivity contribution is -0.127. The van der Waals surface area contributed by atoms with Gasteiger partial charge in [-0.1, -0.05) is 18.2 Å². The summed E-state index contributed by atoms with van der Waals surface area (Å²) in [5.74, 6) is 3.41. The Morgan fingerprint density at radius 1 is 1.25 bits per heavy atom. The van der Waals surface area contributed by atoms with Crippen LogP contribution in [0.3, 0.4) is 0 Å². The van der Waals surface area contributed by atoms with Crippen LogP contribution in [-0.4, -0.2) is 47.7 Å². The minimum Gasteiger partial charge on any atom is -0.444 e. The van der Waals surface area contributed by atoms with Gasteiger partial charge in [-0.15, -0.1) is 11.8 Å². The molecule has 2 aliphatic heterocycles. The molecule has 0 radical (unpaired) electrons. The van der Waals surface area contributed by atoms with Gasteiger partial charge in [-0.05, 0) is 24.0 Å². The van der Waals surface area contributed by atoms with E-state index in [-0.39, 0.29) is 5.91 Å². The summed E-state index contributed by atoms with van der Waals surface area (Å²) in [6, 6.07) is 9.86. The number of oxazole rings is 1. The van der Waals surface area contributed by atoms with E-state index in [1.807, 2.05) is 35.2 Å². The fourth-order valence-electron chi connectivity index (χ4n) is 3.48. The quantitative estimate of drug-likeness (QED) is 0.902. The SMILES string of the molecule is O=C(CSCc1coc(-c2ccccc2)n1)N1C[C@H]2CNC[C@H]2C1. The highest BCUT2D eigenvalue weighted by Crippen LogP contribution is 2.27. The number of amides is 1. The number of rotatable bonds is 5. The largest absolute Gasteiger partial charge is 0.444 e. The van der Waals surface area contributed by atoms with E-state index < -0.39 is 0 Å². The van der Waals surface area contributed by atoms with Gasteiger partial charge >= 0.3 is 0 Å². The number of benzene rings is 1. The van der Waals surface area contributed by atoms with E-state index in [4.69, 9.17) is 4.42 Å². The zero-order chi connectivity index (χ0) is 16.4. The minimum absolute atomic E-state index is 0.251. The maximum atomic E-state index is 12.3. The van der Waals surface area contributed by atoms with E-state index in [9.17, 15) is 4.79 Å². The van der Waals surface area contributed by atoms with Gasteiger partial charge in [0.1, 0.15) is 6.26 Å². The smallest absolute Gasteiger partial charge is 0.232 e. The second-order valence-corrected chi connectivity index (χ2v) is 7.47. The first-order chi connectivity index (χ1) is 11.8. The summed E-state index contributed by atoms with van der Waals surface area (Å²) in [5.41, 5.74) is 1.86. The normalized spacial score (nSPS) is 22.8. The molecule has 0 unspecified atom stereocenters. The second kappa shape index (κ2) is 6.99. The van der Waals surface area contributed by atoms with Crippen LogP contribution in [0.25, 0.3) is 11.5 Å². The topological polar surface area (TPSA) is 58.4 Å². The number of carbonyl (C=O) groups is 1. The Morgan fingerprint density at radius 3 is 2.75 bits per heavy atom. The Hall–Kier alpha value is -1.79. The molecule has 1 amide bonds. The highest BCUT2D eigenvalue weighted by Gasteiger charge is 2.37. The number of aromatic nitrogens is 1. The first-order valence-electron chi connectivity index (χ1n) is 8.35. The number of hydrogen-bond donors (Lipinski definition) is 1. The van der Waals surface area contributed by atoms with Crippen molar-refractivity contribution in [2.24, 2.45) is 11.8 Å². The molecule has 2 fully saturated rings. The van der Waals surface area contributed by atoms with E-state index in [1.54, 1.807) is 18.0 Å². The van der Waals surface area contributed by atoms with Crippen LogP contribution >= 0.6 is 11.8 Å². The van der Waals surface area contributed by atoms with Gasteiger partial charge in [-0.25, -0.2) is 4.98 Å². The van der Waals surface area contributed by atoms with Gasteiger partial charge < -0.3 is 14.6 Å². The van der Waals surface area contributed by atoms with Crippen LogP contribution in [0, 0.1) is 11.8 Å². The fraction of sp³-hybridized carbons (Fsp3) is 0.444. The summed E-state index contributed by atoms with van der Waals surface area (Å²) < 4.78 is 5.53. The number of likely N-dealkylation sites (tertiary alicyclic amines) is 1. The Kier molecular flexibility index (Phi) is 4.58. The van der Waals surface area contributed by atoms with E-state index in [2.05, 4.69) is 10.3 Å². The average molecular weight is 343 g/mol. The predicted molar refractivity (Wildman–Crippen MR) is 94.5 cm³/mol. The third kappa shape index (κ3) is 3.35. The zero-order valence-corrected chi connectivity index (χ0v) is 14.3. The van der Waals surface area contributed by atoms with Crippen molar-refractivity contribution in [3.8, 4) is 11.5 Å². The van der Waals surface area contributed by atoms with Gasteiger partial charge in [0.05, 0.1) is 11.4 Å². The molecular formula is C18H21N3O2S. The first-order valence-corrected chi connectivity index (χ1v) is 9.51. The Labute approximate surface area is 145 Å². The van der Waals surface area contributed by atoms with Crippen LogP contribution in [0.15, 0.2) is 41.0 Å². The molecule has 2 saturated heterocycles. The third-order valence-electron chi connectivity index (χ3n) is 4.79. The number of nitrogens with one attached hydrogen (secondary N) is 1. The molecule has 0 aliphatic carbocycles. The fourth-order valence-corrected chi connectivity index (χ4v) is 4.28. The average Bonchev–Trinajstić information content (AvgIpc) is 3.31. The van der Waals surface area contributed by atoms with Crippen molar-refractivity contribution in [3.05, 3.63) is 42.3 Å². The van der Waals surface area contributed by atoms with E-state index in [0.29, 0.717) is 29.2 Å². The lowest BCUT2D eigenvalue weighted by atomic mass is 10.0. The van der Waals surface area contributed by atoms with Gasteiger partial charge in [0.15, 0.2) is 0 Å². The highest BCUT2D eigenvalue weighted by atomic mass is 32.2. The van der Waals surface area contributed by atoms with E-state index in [0.717, 1.165) is 37.4 Å². The lowest BCUT2D eigenvalue weighted by Crippen LogP contribution is -2.33. The molecule has 24 heavy (non-hydrogen) atoms. The monoisotopic (exact) mass is 343 g/mol. The van der Waals surface area contributed by atoms with E-state index >= 15 is 0 Å². The summed E-state index contributed by atoms with van der Waals surface area (Å²) in [6.07, 6.45) is 1.69. The number of nitrogens with zero attached hydrogens (tertiary/aromatic N) is 2. The molecule has 0 spiro atoms. The standard InChI is InChI=1S/C18H21N3O2S/c22-17(21-8-14-6-19-7-15(14)9-21)12-24-11-16-10-23-18(20-16)13-4-2-1-3-5-13/h1-5,10,14-15,19H,6-9,11-12H2/t14-,15+. The molecule has 1 N–H and O–H groups in total. The molecule has 1 aromatic heterocycles. The molecule has 0 saturated carbocycles. The zero-order valence-electron chi connectivity index (χ0n) is 13.5. The van der Waals surface area contributed by atoms with Crippen molar-refractivity contribution in [3.63, 3.8) is 0 Å². The van der Waals surface area contributed by atoms with Crippen LogP contribution < -0.4 is 5.32 Å². The van der Waals surface area contributed by atoms with Crippen LogP contribution in [0.5, 0.6) is 0 Å². The predicted octanol–water partition coefficient (Wildman–Crippen LogP) is 2.25. The maximum Gasteiger partial charge on any atom is 0.232 e. The van der Waals surface area contributed by atoms with Crippen LogP contribution in [0.2, 0.25) is 0 Å². The van der Waals surface area contributed by atoms with Crippen LogP contribution in [0.1, 0.15) is 5.69 Å². The number of carbonyl (C=O) groups excluding carboxylic acids is 1. The van der Waals surface area contributed by atoms with Gasteiger partial charge in [-0.3, -0.25) is 4.79 Å². The molecule has 2 atom stereocenters. The van der Waals surface area contributed by atoms with Crippen molar-refractivity contribution in [2.75, 3.05) is 31.9 Å². The number of thioether (sulfide) groups is 1. The van der Waals surface area contributed by atoms with Crippen molar-refractivity contribution in [2.45, 2.75) is 5.75 Å². The van der Waals surface area contributed by atoms with Gasteiger partial charge in [-0.2, -0.15) is 0 Å². The van der Waals surface area contributed by atoms with Gasteiger partial charge in [0, 0.05) is 37.5 Å². The molecule has 4 rings (SSSR count). The molecule has 0 bridgehead atoms. The molecular weight excluding hydrogens is 322 g/mol. The summed E-state index contributed by atoms with van der Waals surface area (Å²) in [5, 5.41) is 3.40. The first kappa shape index (κ1) is 15.7. The van der Waals surface area contributed by atoms with Crippen molar-refractivity contribution >= 4 is 17.7 Å². The minimum atomic E-state index is 0.251. The molecule has 2 aliphatic rings. The molecule has 3 heterocycles. The van der Waals surface area contributed by atoms with Crippen molar-refractivity contribution in [1.82, 2.24) is 15.2 Å². The van der Waals surface area contributed by atoms with Crippen LogP contribution in [-0.2, 0) is 10.5 Å². The second-order valence-electron chi connectivity index (χ2n) is 6.48. The molecule has 6 heteroatoms. The van der Waals surface area contributed by atoms with Crippen molar-refractivity contribution < 1.29 is 9.21 Å². The highest BCUT2D eigenvalue weighted by molar-refractivity contribution is 7.99. The van der Waals surface area contributed by atoms with Crippen molar-refractivity contribution in [1.29, 1.82) is 0 Å². The molecule has 5 nitrogen and oxygen atoms in total. The lowest BCUT2D eigenvalue weighted by Gasteiger charge is -2.17. The van der Waals surface area contributed by atoms with Gasteiger partial charge in [0.25, 0.3) is 0 Å². The van der Waals surface area contributed by atoms with E-state index in [1.165, 1.54) is 0 Å². The Morgan fingerprint density at radius 2 is 2.00 bits per heavy atom. The molecule has 126 valence electrons. The maximum absolute atomic E-state index is 12.3. The molecule has 1 aromatic carbocycles. The molecule has 2 aromatic rings. The number of fused-ring (bicyclic) bond motifs is 1. The third-order valence-corrected chi connectivity index (χ3v) is 5.74. The summed E-state index contributed by atoms with van der Waals surface area (Å²) in [6.45, 7) is 3.95. The Balaban J connectivity index is 1.26. The Bertz CT molecular complexity index is 691. The van der Waals surface area contributed by atoms with Gasteiger partial charge in [0.2, 0.25) is 11.8 Å². The van der Waals surface area contributed by atoms with Crippen LogP contribution in [0.4, 0.5) is 0 Å².